The maximum absolute atomic E-state index is 12.1. The van der Waals surface area contributed by atoms with Crippen molar-refractivity contribution in [2.24, 2.45) is 11.3 Å². The standard InChI is InChI=1S/C23H33N7O2/c1-14(2)21(31)26-16-9-10-17-18(13-16)30-15(3)28-29-20(30)19(27-17)24-11-7-8-12-25-22(32)23(4,5)6/h9-10,13-14H,7-8,11-12H2,1-6H3,(H,24,27)(H,25,32)(H,26,31). The number of rotatable bonds is 8. The van der Waals surface area contributed by atoms with Crippen molar-refractivity contribution in [3.63, 3.8) is 0 Å². The number of nitrogens with one attached hydrogen (secondary N) is 3. The van der Waals surface area contributed by atoms with Crippen molar-refractivity contribution in [2.75, 3.05) is 23.7 Å². The summed E-state index contributed by atoms with van der Waals surface area (Å²) in [6.45, 7) is 12.7. The van der Waals surface area contributed by atoms with Crippen LogP contribution >= 0.6 is 0 Å². The van der Waals surface area contributed by atoms with Crippen molar-refractivity contribution < 1.29 is 9.59 Å². The Morgan fingerprint density at radius 3 is 2.50 bits per heavy atom. The first-order valence-electron chi connectivity index (χ1n) is 11.1. The monoisotopic (exact) mass is 439 g/mol. The molecule has 9 heteroatoms. The molecule has 2 heterocycles. The van der Waals surface area contributed by atoms with E-state index in [9.17, 15) is 9.59 Å². The van der Waals surface area contributed by atoms with Gasteiger partial charge in [0.1, 0.15) is 5.82 Å². The quantitative estimate of drug-likeness (QED) is 0.463. The van der Waals surface area contributed by atoms with Gasteiger partial charge in [-0.3, -0.25) is 14.0 Å². The van der Waals surface area contributed by atoms with Gasteiger partial charge in [0.05, 0.1) is 11.0 Å². The van der Waals surface area contributed by atoms with Crippen molar-refractivity contribution in [2.45, 2.75) is 54.4 Å². The Balaban J connectivity index is 1.71. The third-order valence-electron chi connectivity index (χ3n) is 5.14. The highest BCUT2D eigenvalue weighted by Gasteiger charge is 2.20. The van der Waals surface area contributed by atoms with Gasteiger partial charge in [-0.25, -0.2) is 4.98 Å². The Morgan fingerprint density at radius 2 is 1.81 bits per heavy atom. The minimum atomic E-state index is -0.373. The van der Waals surface area contributed by atoms with Gasteiger partial charge in [-0.2, -0.15) is 0 Å². The molecule has 9 nitrogen and oxygen atoms in total. The molecule has 172 valence electrons. The van der Waals surface area contributed by atoms with Gasteiger partial charge in [0.25, 0.3) is 0 Å². The van der Waals surface area contributed by atoms with E-state index in [-0.39, 0.29) is 23.1 Å². The highest BCUT2D eigenvalue weighted by Crippen LogP contribution is 2.24. The fourth-order valence-corrected chi connectivity index (χ4v) is 3.18. The number of nitrogens with zero attached hydrogens (tertiary/aromatic N) is 4. The number of carbonyl (C=O) groups is 2. The molecule has 2 aromatic heterocycles. The number of anilines is 2. The van der Waals surface area contributed by atoms with E-state index in [1.165, 1.54) is 0 Å². The summed E-state index contributed by atoms with van der Waals surface area (Å²) in [5.41, 5.74) is 2.60. The van der Waals surface area contributed by atoms with E-state index in [2.05, 4.69) is 26.1 Å². The number of amides is 2. The summed E-state index contributed by atoms with van der Waals surface area (Å²) < 4.78 is 1.94. The lowest BCUT2D eigenvalue weighted by Gasteiger charge is -2.17. The molecular weight excluding hydrogens is 406 g/mol. The molecule has 0 spiro atoms. The van der Waals surface area contributed by atoms with Gasteiger partial charge in [0.2, 0.25) is 17.5 Å². The van der Waals surface area contributed by atoms with Crippen LogP contribution in [0.25, 0.3) is 16.7 Å². The summed E-state index contributed by atoms with van der Waals surface area (Å²) >= 11 is 0. The fraction of sp³-hybridized carbons (Fsp3) is 0.522. The summed E-state index contributed by atoms with van der Waals surface area (Å²) in [6.07, 6.45) is 1.74. The number of hydrogen-bond donors (Lipinski definition) is 3. The van der Waals surface area contributed by atoms with Crippen LogP contribution in [0.4, 0.5) is 11.5 Å². The molecule has 32 heavy (non-hydrogen) atoms. The van der Waals surface area contributed by atoms with Crippen molar-refractivity contribution >= 4 is 40.0 Å². The van der Waals surface area contributed by atoms with Crippen LogP contribution < -0.4 is 16.0 Å². The van der Waals surface area contributed by atoms with Crippen molar-refractivity contribution in [1.29, 1.82) is 0 Å². The molecule has 0 atom stereocenters. The first-order valence-corrected chi connectivity index (χ1v) is 11.1. The number of benzene rings is 1. The van der Waals surface area contributed by atoms with Crippen LogP contribution in [-0.4, -0.2) is 44.5 Å². The molecule has 0 radical (unpaired) electrons. The first-order chi connectivity index (χ1) is 15.1. The molecule has 3 N–H and O–H groups in total. The summed E-state index contributed by atoms with van der Waals surface area (Å²) in [5.74, 6) is 1.33. The van der Waals surface area contributed by atoms with Gasteiger partial charge in [0.15, 0.2) is 5.82 Å². The summed E-state index contributed by atoms with van der Waals surface area (Å²) in [6, 6.07) is 5.63. The molecule has 3 rings (SSSR count). The minimum Gasteiger partial charge on any atom is -0.367 e. The van der Waals surface area contributed by atoms with Crippen molar-refractivity contribution in [3.8, 4) is 0 Å². The van der Waals surface area contributed by atoms with Crippen molar-refractivity contribution in [3.05, 3.63) is 24.0 Å². The second-order valence-corrected chi connectivity index (χ2v) is 9.35. The maximum atomic E-state index is 12.1. The lowest BCUT2D eigenvalue weighted by atomic mass is 9.96. The first kappa shape index (κ1) is 23.4. The number of fused-ring (bicyclic) bond motifs is 3. The van der Waals surface area contributed by atoms with Crippen LogP contribution in [0.5, 0.6) is 0 Å². The van der Waals surface area contributed by atoms with Gasteiger partial charge in [-0.15, -0.1) is 10.2 Å². The summed E-state index contributed by atoms with van der Waals surface area (Å²) in [7, 11) is 0. The summed E-state index contributed by atoms with van der Waals surface area (Å²) in [5, 5.41) is 17.8. The molecule has 0 saturated heterocycles. The lowest BCUT2D eigenvalue weighted by molar-refractivity contribution is -0.128. The Kier molecular flexibility index (Phi) is 6.96. The highest BCUT2D eigenvalue weighted by atomic mass is 16.2. The van der Waals surface area contributed by atoms with E-state index >= 15 is 0 Å². The third-order valence-corrected chi connectivity index (χ3v) is 5.14. The second kappa shape index (κ2) is 9.50. The number of carbonyl (C=O) groups excluding carboxylic acids is 2. The van der Waals surface area contributed by atoms with Crippen LogP contribution in [0.3, 0.4) is 0 Å². The minimum absolute atomic E-state index is 0.0361. The van der Waals surface area contributed by atoms with Gasteiger partial charge in [-0.1, -0.05) is 34.6 Å². The molecule has 0 aliphatic rings. The Hall–Kier alpha value is -3.23. The van der Waals surface area contributed by atoms with E-state index in [0.717, 1.165) is 29.7 Å². The summed E-state index contributed by atoms with van der Waals surface area (Å²) in [4.78, 5) is 28.7. The van der Waals surface area contributed by atoms with Gasteiger partial charge in [0, 0.05) is 30.1 Å². The Morgan fingerprint density at radius 1 is 1.09 bits per heavy atom. The zero-order valence-electron chi connectivity index (χ0n) is 19.7. The smallest absolute Gasteiger partial charge is 0.226 e. The van der Waals surface area contributed by atoms with Crippen LogP contribution in [0.15, 0.2) is 18.2 Å². The molecular formula is C23H33N7O2. The van der Waals surface area contributed by atoms with Crippen LogP contribution in [-0.2, 0) is 9.59 Å². The van der Waals surface area contributed by atoms with Crippen LogP contribution in [0, 0.1) is 18.3 Å². The molecule has 0 bridgehead atoms. The highest BCUT2D eigenvalue weighted by molar-refractivity contribution is 5.94. The Bertz CT molecular complexity index is 1130. The maximum Gasteiger partial charge on any atom is 0.226 e. The van der Waals surface area contributed by atoms with E-state index in [0.29, 0.717) is 30.2 Å². The van der Waals surface area contributed by atoms with E-state index in [1.807, 2.05) is 64.1 Å². The topological polar surface area (TPSA) is 113 Å². The van der Waals surface area contributed by atoms with Gasteiger partial charge in [-0.05, 0) is 38.0 Å². The molecule has 3 aromatic rings. The molecule has 1 aromatic carbocycles. The SMILES string of the molecule is Cc1nnc2c(NCCCCNC(=O)C(C)(C)C)nc3ccc(NC(=O)C(C)C)cc3n12. The average Bonchev–Trinajstić information content (AvgIpc) is 3.11. The van der Waals surface area contributed by atoms with Gasteiger partial charge >= 0.3 is 0 Å². The number of unbranched alkanes of at least 4 members (excludes halogenated alkanes) is 1. The third kappa shape index (κ3) is 5.33. The normalized spacial score (nSPS) is 11.8. The molecule has 0 aliphatic heterocycles. The van der Waals surface area contributed by atoms with E-state index in [1.54, 1.807) is 0 Å². The Labute approximate surface area is 188 Å². The number of hydrogen-bond acceptors (Lipinski definition) is 6. The number of aryl methyl sites for hydroxylation is 1. The van der Waals surface area contributed by atoms with Gasteiger partial charge < -0.3 is 16.0 Å². The predicted molar refractivity (Wildman–Crippen MR) is 127 cm³/mol. The molecule has 2 amide bonds. The molecule has 0 unspecified atom stereocenters. The second-order valence-electron chi connectivity index (χ2n) is 9.35. The van der Waals surface area contributed by atoms with Crippen LogP contribution in [0.2, 0.25) is 0 Å². The lowest BCUT2D eigenvalue weighted by Crippen LogP contribution is -2.35. The van der Waals surface area contributed by atoms with E-state index < -0.39 is 0 Å². The zero-order valence-corrected chi connectivity index (χ0v) is 19.7. The fourth-order valence-electron chi connectivity index (χ4n) is 3.18. The molecule has 0 fully saturated rings. The van der Waals surface area contributed by atoms with Crippen molar-refractivity contribution in [1.82, 2.24) is 24.9 Å². The average molecular weight is 440 g/mol. The number of aromatic nitrogens is 4. The predicted octanol–water partition coefficient (Wildman–Crippen LogP) is 3.53. The molecule has 0 saturated carbocycles. The zero-order chi connectivity index (χ0) is 23.5. The largest absolute Gasteiger partial charge is 0.367 e. The van der Waals surface area contributed by atoms with Crippen LogP contribution in [0.1, 0.15) is 53.3 Å². The van der Waals surface area contributed by atoms with E-state index in [4.69, 9.17) is 4.98 Å². The molecule has 0 aliphatic carbocycles.